The lowest BCUT2D eigenvalue weighted by atomic mass is 10.2. The average Bonchev–Trinajstić information content (AvgIpc) is 3.11. The highest BCUT2D eigenvalue weighted by Gasteiger charge is 2.15. The van der Waals surface area contributed by atoms with E-state index in [1.165, 1.54) is 11.3 Å². The summed E-state index contributed by atoms with van der Waals surface area (Å²) in [5.41, 5.74) is 2.23. The molecule has 0 aliphatic carbocycles. The second-order valence-corrected chi connectivity index (χ2v) is 7.35. The van der Waals surface area contributed by atoms with Gasteiger partial charge in [-0.1, -0.05) is 0 Å². The molecule has 26 heavy (non-hydrogen) atoms. The van der Waals surface area contributed by atoms with E-state index in [1.54, 1.807) is 28.9 Å². The van der Waals surface area contributed by atoms with E-state index < -0.39 is 0 Å². The molecule has 3 N–H and O–H groups in total. The zero-order chi connectivity index (χ0) is 18.8. The van der Waals surface area contributed by atoms with Crippen LogP contribution in [0.3, 0.4) is 0 Å². The van der Waals surface area contributed by atoms with Gasteiger partial charge in [-0.15, -0.1) is 11.3 Å². The number of aromatic nitrogens is 2. The molecule has 3 amide bonds. The predicted molar refractivity (Wildman–Crippen MR) is 105 cm³/mol. The maximum absolute atomic E-state index is 12.5. The van der Waals surface area contributed by atoms with E-state index in [0.29, 0.717) is 16.3 Å². The predicted octanol–water partition coefficient (Wildman–Crippen LogP) is 3.73. The smallest absolute Gasteiger partial charge is 0.319 e. The number of rotatable bonds is 4. The summed E-state index contributed by atoms with van der Waals surface area (Å²) in [6.07, 6.45) is 0. The summed E-state index contributed by atoms with van der Waals surface area (Å²) in [4.78, 5) is 25.8. The molecule has 0 aliphatic rings. The van der Waals surface area contributed by atoms with E-state index >= 15 is 0 Å². The molecule has 3 aromatic rings. The second-order valence-electron chi connectivity index (χ2n) is 6.32. The SMILES string of the molecule is Cc1nn(C)c2sc(C(=O)Nc3ccc(NC(=O)NC(C)C)cc3)cc12. The van der Waals surface area contributed by atoms with Gasteiger partial charge in [0.15, 0.2) is 0 Å². The highest BCUT2D eigenvalue weighted by atomic mass is 32.1. The summed E-state index contributed by atoms with van der Waals surface area (Å²) in [6, 6.07) is 8.67. The van der Waals surface area contributed by atoms with Crippen LogP contribution in [-0.2, 0) is 7.05 Å². The van der Waals surface area contributed by atoms with Crippen molar-refractivity contribution in [1.82, 2.24) is 15.1 Å². The van der Waals surface area contributed by atoms with Crippen molar-refractivity contribution in [2.45, 2.75) is 26.8 Å². The Hall–Kier alpha value is -2.87. The molecule has 3 rings (SSSR count). The third-order valence-electron chi connectivity index (χ3n) is 3.74. The van der Waals surface area contributed by atoms with Crippen molar-refractivity contribution in [3.63, 3.8) is 0 Å². The topological polar surface area (TPSA) is 88.1 Å². The van der Waals surface area contributed by atoms with E-state index in [0.717, 1.165) is 15.9 Å². The number of nitrogens with zero attached hydrogens (tertiary/aromatic N) is 2. The number of amides is 3. The molecule has 8 heteroatoms. The number of anilines is 2. The first-order chi connectivity index (χ1) is 12.3. The van der Waals surface area contributed by atoms with Crippen LogP contribution < -0.4 is 16.0 Å². The second kappa shape index (κ2) is 7.17. The number of carbonyl (C=O) groups excluding carboxylic acids is 2. The summed E-state index contributed by atoms with van der Waals surface area (Å²) in [5, 5.41) is 13.7. The van der Waals surface area contributed by atoms with E-state index in [4.69, 9.17) is 0 Å². The highest BCUT2D eigenvalue weighted by molar-refractivity contribution is 7.20. The Bertz CT molecular complexity index is 922. The molecule has 2 aromatic heterocycles. The van der Waals surface area contributed by atoms with Crippen molar-refractivity contribution >= 4 is 44.9 Å². The van der Waals surface area contributed by atoms with Crippen LogP contribution in [0.2, 0.25) is 0 Å². The van der Waals surface area contributed by atoms with Crippen molar-refractivity contribution in [3.8, 4) is 0 Å². The van der Waals surface area contributed by atoms with Gasteiger partial charge in [-0.3, -0.25) is 9.48 Å². The Kier molecular flexibility index (Phi) is 4.94. The molecular weight excluding hydrogens is 350 g/mol. The average molecular weight is 371 g/mol. The van der Waals surface area contributed by atoms with Gasteiger partial charge in [0.1, 0.15) is 4.83 Å². The van der Waals surface area contributed by atoms with Gasteiger partial charge in [-0.2, -0.15) is 5.10 Å². The molecular formula is C18H21N5O2S. The molecule has 0 saturated heterocycles. The minimum absolute atomic E-state index is 0.0636. The maximum Gasteiger partial charge on any atom is 0.319 e. The Labute approximate surface area is 155 Å². The van der Waals surface area contributed by atoms with Crippen molar-refractivity contribution in [3.05, 3.63) is 40.9 Å². The van der Waals surface area contributed by atoms with Crippen LogP contribution in [0.4, 0.5) is 16.2 Å². The van der Waals surface area contributed by atoms with Gasteiger partial charge < -0.3 is 16.0 Å². The Balaban J connectivity index is 1.67. The molecule has 0 unspecified atom stereocenters. The summed E-state index contributed by atoms with van der Waals surface area (Å²) >= 11 is 1.41. The largest absolute Gasteiger partial charge is 0.336 e. The molecule has 0 aliphatic heterocycles. The minimum Gasteiger partial charge on any atom is -0.336 e. The van der Waals surface area contributed by atoms with Crippen LogP contribution in [0.25, 0.3) is 10.2 Å². The number of fused-ring (bicyclic) bond motifs is 1. The standard InChI is InChI=1S/C18H21N5O2S/c1-10(2)19-18(25)21-13-7-5-12(6-8-13)20-16(24)15-9-14-11(3)22-23(4)17(14)26-15/h5-10H,1-4H3,(H,20,24)(H2,19,21,25). The van der Waals surface area contributed by atoms with Gasteiger partial charge in [-0.05, 0) is 51.1 Å². The Morgan fingerprint density at radius 3 is 2.31 bits per heavy atom. The lowest BCUT2D eigenvalue weighted by Crippen LogP contribution is -2.34. The Morgan fingerprint density at radius 1 is 1.12 bits per heavy atom. The van der Waals surface area contributed by atoms with Crippen LogP contribution in [0.5, 0.6) is 0 Å². The van der Waals surface area contributed by atoms with Crippen molar-refractivity contribution in [1.29, 1.82) is 0 Å². The number of hydrogen-bond donors (Lipinski definition) is 3. The fourth-order valence-electron chi connectivity index (χ4n) is 2.58. The number of hydrogen-bond acceptors (Lipinski definition) is 4. The molecule has 0 radical (unpaired) electrons. The van der Waals surface area contributed by atoms with Crippen LogP contribution in [0, 0.1) is 6.92 Å². The number of benzene rings is 1. The van der Waals surface area contributed by atoms with Crippen LogP contribution >= 0.6 is 11.3 Å². The lowest BCUT2D eigenvalue weighted by molar-refractivity contribution is 0.103. The van der Waals surface area contributed by atoms with Gasteiger partial charge in [0.25, 0.3) is 5.91 Å². The van der Waals surface area contributed by atoms with Crippen molar-refractivity contribution < 1.29 is 9.59 Å². The molecule has 1 aromatic carbocycles. The molecule has 0 fully saturated rings. The number of nitrogens with one attached hydrogen (secondary N) is 3. The first-order valence-electron chi connectivity index (χ1n) is 8.25. The van der Waals surface area contributed by atoms with Crippen LogP contribution in [0.1, 0.15) is 29.2 Å². The van der Waals surface area contributed by atoms with Crippen molar-refractivity contribution in [2.24, 2.45) is 7.05 Å². The maximum atomic E-state index is 12.5. The van der Waals surface area contributed by atoms with Gasteiger partial charge in [0.2, 0.25) is 0 Å². The summed E-state index contributed by atoms with van der Waals surface area (Å²) < 4.78 is 1.79. The van der Waals surface area contributed by atoms with Gasteiger partial charge in [0, 0.05) is 29.9 Å². The van der Waals surface area contributed by atoms with Crippen molar-refractivity contribution in [2.75, 3.05) is 10.6 Å². The number of aryl methyl sites for hydroxylation is 2. The fourth-order valence-corrected chi connectivity index (χ4v) is 3.59. The van der Waals surface area contributed by atoms with Gasteiger partial charge >= 0.3 is 6.03 Å². The molecule has 2 heterocycles. The third kappa shape index (κ3) is 3.85. The summed E-state index contributed by atoms with van der Waals surface area (Å²) in [6.45, 7) is 5.71. The van der Waals surface area contributed by atoms with Gasteiger partial charge in [-0.25, -0.2) is 4.79 Å². The molecule has 0 spiro atoms. The summed E-state index contributed by atoms with van der Waals surface area (Å²) in [7, 11) is 1.87. The van der Waals surface area contributed by atoms with E-state index in [2.05, 4.69) is 21.0 Å². The quantitative estimate of drug-likeness (QED) is 0.653. The third-order valence-corrected chi connectivity index (χ3v) is 4.94. The van der Waals surface area contributed by atoms with E-state index in [9.17, 15) is 9.59 Å². The van der Waals surface area contributed by atoms with E-state index in [-0.39, 0.29) is 18.0 Å². The first kappa shape index (κ1) is 17.9. The zero-order valence-electron chi connectivity index (χ0n) is 15.1. The number of urea groups is 1. The van der Waals surface area contributed by atoms with Crippen LogP contribution in [-0.4, -0.2) is 27.8 Å². The minimum atomic E-state index is -0.258. The fraction of sp³-hybridized carbons (Fsp3) is 0.278. The summed E-state index contributed by atoms with van der Waals surface area (Å²) in [5.74, 6) is -0.163. The normalized spacial score (nSPS) is 11.0. The Morgan fingerprint density at radius 2 is 1.73 bits per heavy atom. The number of carbonyl (C=O) groups is 2. The lowest BCUT2D eigenvalue weighted by Gasteiger charge is -2.10. The molecule has 0 saturated carbocycles. The van der Waals surface area contributed by atoms with Crippen LogP contribution in [0.15, 0.2) is 30.3 Å². The molecule has 136 valence electrons. The first-order valence-corrected chi connectivity index (χ1v) is 9.07. The number of thiophene rings is 1. The molecule has 0 bridgehead atoms. The highest BCUT2D eigenvalue weighted by Crippen LogP contribution is 2.28. The molecule has 7 nitrogen and oxygen atoms in total. The van der Waals surface area contributed by atoms with E-state index in [1.807, 2.05) is 33.9 Å². The zero-order valence-corrected chi connectivity index (χ0v) is 15.9. The molecule has 0 atom stereocenters. The monoisotopic (exact) mass is 371 g/mol. The van der Waals surface area contributed by atoms with Gasteiger partial charge in [0.05, 0.1) is 10.6 Å².